The summed E-state index contributed by atoms with van der Waals surface area (Å²) in [6.45, 7) is 1.18. The van der Waals surface area contributed by atoms with Crippen LogP contribution in [0.4, 0.5) is 4.39 Å². The van der Waals surface area contributed by atoms with Crippen LogP contribution in [0.15, 0.2) is 18.2 Å². The van der Waals surface area contributed by atoms with Gasteiger partial charge in [0.15, 0.2) is 0 Å². The lowest BCUT2D eigenvalue weighted by Crippen LogP contribution is -2.38. The zero-order chi connectivity index (χ0) is 12.7. The van der Waals surface area contributed by atoms with Crippen molar-refractivity contribution in [1.29, 1.82) is 0 Å². The Morgan fingerprint density at radius 1 is 1.39 bits per heavy atom. The number of benzene rings is 1. The average molecular weight is 250 g/mol. The van der Waals surface area contributed by atoms with E-state index < -0.39 is 6.04 Å². The highest BCUT2D eigenvalue weighted by Crippen LogP contribution is 2.38. The Kier molecular flexibility index (Phi) is 2.70. The number of hydrogen-bond donors (Lipinski definition) is 1. The number of carbonyl (C=O) groups excluding carboxylic acids is 1. The molecule has 1 saturated heterocycles. The maximum atomic E-state index is 13.3. The Bertz CT molecular complexity index is 492. The fourth-order valence-electron chi connectivity index (χ4n) is 2.71. The number of rotatable bonds is 1. The van der Waals surface area contributed by atoms with Gasteiger partial charge in [-0.05, 0) is 24.6 Å². The Morgan fingerprint density at radius 2 is 2.22 bits per heavy atom. The lowest BCUT2D eigenvalue weighted by atomic mass is 9.99. The predicted octanol–water partition coefficient (Wildman–Crippen LogP) is 1.21. The van der Waals surface area contributed by atoms with Crippen LogP contribution in [-0.4, -0.2) is 30.0 Å². The summed E-state index contributed by atoms with van der Waals surface area (Å²) in [6.07, 6.45) is 1.36. The monoisotopic (exact) mass is 250 g/mol. The van der Waals surface area contributed by atoms with Gasteiger partial charge in [0.25, 0.3) is 0 Å². The van der Waals surface area contributed by atoms with Crippen molar-refractivity contribution in [2.24, 2.45) is 5.73 Å². The van der Waals surface area contributed by atoms with E-state index in [1.54, 1.807) is 11.0 Å². The van der Waals surface area contributed by atoms with Crippen LogP contribution in [0.5, 0.6) is 5.75 Å². The van der Waals surface area contributed by atoms with Crippen molar-refractivity contribution in [2.75, 3.05) is 13.2 Å². The van der Waals surface area contributed by atoms with Gasteiger partial charge in [-0.1, -0.05) is 0 Å². The minimum Gasteiger partial charge on any atom is -0.493 e. The molecule has 4 nitrogen and oxygen atoms in total. The van der Waals surface area contributed by atoms with Gasteiger partial charge in [-0.15, -0.1) is 0 Å². The Balaban J connectivity index is 1.96. The van der Waals surface area contributed by atoms with Gasteiger partial charge in [-0.25, -0.2) is 4.39 Å². The van der Waals surface area contributed by atoms with E-state index in [4.69, 9.17) is 10.5 Å². The molecule has 0 radical (unpaired) electrons. The number of amides is 1. The molecule has 2 aliphatic heterocycles. The predicted molar refractivity (Wildman–Crippen MR) is 63.6 cm³/mol. The summed E-state index contributed by atoms with van der Waals surface area (Å²) in [6, 6.07) is 3.93. The molecule has 1 aromatic rings. The number of nitrogens with two attached hydrogens (primary N) is 1. The van der Waals surface area contributed by atoms with E-state index in [2.05, 4.69) is 0 Å². The van der Waals surface area contributed by atoms with Gasteiger partial charge in [0.2, 0.25) is 5.91 Å². The van der Waals surface area contributed by atoms with Gasteiger partial charge in [0, 0.05) is 18.5 Å². The van der Waals surface area contributed by atoms with Crippen molar-refractivity contribution in [3.05, 3.63) is 29.6 Å². The summed E-state index contributed by atoms with van der Waals surface area (Å²) in [5.41, 5.74) is 6.48. The molecule has 2 unspecified atom stereocenters. The van der Waals surface area contributed by atoms with Crippen LogP contribution in [0.3, 0.4) is 0 Å². The molecule has 2 heterocycles. The van der Waals surface area contributed by atoms with Crippen molar-refractivity contribution in [1.82, 2.24) is 4.90 Å². The molecule has 1 amide bonds. The third-order valence-corrected chi connectivity index (χ3v) is 3.64. The zero-order valence-electron chi connectivity index (χ0n) is 9.93. The van der Waals surface area contributed by atoms with Crippen LogP contribution in [0.2, 0.25) is 0 Å². The summed E-state index contributed by atoms with van der Waals surface area (Å²) in [4.78, 5) is 13.7. The van der Waals surface area contributed by atoms with Crippen molar-refractivity contribution in [3.63, 3.8) is 0 Å². The van der Waals surface area contributed by atoms with Crippen LogP contribution < -0.4 is 10.5 Å². The maximum absolute atomic E-state index is 13.3. The second-order valence-corrected chi connectivity index (χ2v) is 4.76. The first-order valence-corrected chi connectivity index (χ1v) is 6.15. The van der Waals surface area contributed by atoms with Crippen molar-refractivity contribution in [2.45, 2.75) is 24.9 Å². The second-order valence-electron chi connectivity index (χ2n) is 4.76. The lowest BCUT2D eigenvalue weighted by Gasteiger charge is -2.33. The summed E-state index contributed by atoms with van der Waals surface area (Å²) < 4.78 is 18.8. The van der Waals surface area contributed by atoms with E-state index >= 15 is 0 Å². The van der Waals surface area contributed by atoms with Gasteiger partial charge in [0.1, 0.15) is 11.6 Å². The molecule has 1 aromatic carbocycles. The Hall–Kier alpha value is -1.62. The van der Waals surface area contributed by atoms with E-state index in [0.717, 1.165) is 5.56 Å². The molecule has 2 N–H and O–H groups in total. The van der Waals surface area contributed by atoms with E-state index in [1.807, 2.05) is 0 Å². The topological polar surface area (TPSA) is 55.6 Å². The third-order valence-electron chi connectivity index (χ3n) is 3.64. The fourth-order valence-corrected chi connectivity index (χ4v) is 2.71. The fraction of sp³-hybridized carbons (Fsp3) is 0.462. The molecule has 3 rings (SSSR count). The van der Waals surface area contributed by atoms with Gasteiger partial charge in [-0.2, -0.15) is 0 Å². The van der Waals surface area contributed by atoms with Gasteiger partial charge < -0.3 is 15.4 Å². The molecule has 96 valence electrons. The van der Waals surface area contributed by atoms with E-state index in [1.165, 1.54) is 12.1 Å². The molecule has 0 saturated carbocycles. The standard InChI is InChI=1S/C13H15FN2O2/c14-8-1-2-12-9(7-8)11(4-6-18-12)16-5-3-10(15)13(16)17/h1-2,7,10-11H,3-6,15H2. The number of likely N-dealkylation sites (tertiary alicyclic amines) is 1. The highest BCUT2D eigenvalue weighted by Gasteiger charge is 2.36. The first kappa shape index (κ1) is 11.5. The Labute approximate surface area is 105 Å². The first-order valence-electron chi connectivity index (χ1n) is 6.15. The number of fused-ring (bicyclic) bond motifs is 1. The van der Waals surface area contributed by atoms with Gasteiger partial charge >= 0.3 is 0 Å². The molecule has 1 fully saturated rings. The molecule has 0 bridgehead atoms. The smallest absolute Gasteiger partial charge is 0.240 e. The molecular weight excluding hydrogens is 235 g/mol. The van der Waals surface area contributed by atoms with E-state index in [-0.39, 0.29) is 17.8 Å². The number of nitrogens with zero attached hydrogens (tertiary/aromatic N) is 1. The summed E-state index contributed by atoms with van der Waals surface area (Å²) in [7, 11) is 0. The van der Waals surface area contributed by atoms with E-state index in [0.29, 0.717) is 31.7 Å². The SMILES string of the molecule is NC1CCN(C2CCOc3ccc(F)cc32)C1=O. The molecule has 0 spiro atoms. The number of carbonyl (C=O) groups is 1. The van der Waals surface area contributed by atoms with Crippen LogP contribution in [0.1, 0.15) is 24.4 Å². The molecule has 0 aliphatic carbocycles. The quantitative estimate of drug-likeness (QED) is 0.815. The van der Waals surface area contributed by atoms with Crippen molar-refractivity contribution >= 4 is 5.91 Å². The minimum absolute atomic E-state index is 0.0443. The van der Waals surface area contributed by atoms with Crippen molar-refractivity contribution in [3.8, 4) is 5.75 Å². The lowest BCUT2D eigenvalue weighted by molar-refractivity contribution is -0.131. The van der Waals surface area contributed by atoms with Crippen LogP contribution in [0.25, 0.3) is 0 Å². The van der Waals surface area contributed by atoms with Crippen LogP contribution >= 0.6 is 0 Å². The highest BCUT2D eigenvalue weighted by molar-refractivity contribution is 5.84. The molecular formula is C13H15FN2O2. The summed E-state index contributed by atoms with van der Waals surface area (Å²) >= 11 is 0. The zero-order valence-corrected chi connectivity index (χ0v) is 9.93. The molecule has 5 heteroatoms. The number of hydrogen-bond acceptors (Lipinski definition) is 3. The minimum atomic E-state index is -0.412. The third kappa shape index (κ3) is 1.75. The second kappa shape index (κ2) is 4.24. The number of ether oxygens (including phenoxy) is 1. The van der Waals surface area contributed by atoms with Gasteiger partial charge in [-0.3, -0.25) is 4.79 Å². The maximum Gasteiger partial charge on any atom is 0.240 e. The number of halogens is 1. The summed E-state index contributed by atoms with van der Waals surface area (Å²) in [5.74, 6) is 0.318. The summed E-state index contributed by atoms with van der Waals surface area (Å²) in [5, 5.41) is 0. The van der Waals surface area contributed by atoms with Crippen LogP contribution in [0, 0.1) is 5.82 Å². The average Bonchev–Trinajstić information content (AvgIpc) is 2.69. The largest absolute Gasteiger partial charge is 0.493 e. The first-order chi connectivity index (χ1) is 8.66. The molecule has 2 atom stereocenters. The van der Waals surface area contributed by atoms with Gasteiger partial charge in [0.05, 0.1) is 18.7 Å². The van der Waals surface area contributed by atoms with Crippen molar-refractivity contribution < 1.29 is 13.9 Å². The molecule has 0 aromatic heterocycles. The normalized spacial score (nSPS) is 27.0. The van der Waals surface area contributed by atoms with Crippen LogP contribution in [-0.2, 0) is 4.79 Å². The highest BCUT2D eigenvalue weighted by atomic mass is 19.1. The Morgan fingerprint density at radius 3 is 2.94 bits per heavy atom. The molecule has 2 aliphatic rings. The van der Waals surface area contributed by atoms with E-state index in [9.17, 15) is 9.18 Å². The molecule has 18 heavy (non-hydrogen) atoms.